The normalized spacial score (nSPS) is 18.9. The predicted octanol–water partition coefficient (Wildman–Crippen LogP) is 0.959. The second-order valence-electron chi connectivity index (χ2n) is 3.97. The maximum atomic E-state index is 11.8. The van der Waals surface area contributed by atoms with E-state index >= 15 is 0 Å². The van der Waals surface area contributed by atoms with Gasteiger partial charge in [-0.15, -0.1) is 0 Å². The van der Waals surface area contributed by atoms with Crippen LogP contribution >= 0.6 is 0 Å². The van der Waals surface area contributed by atoms with E-state index in [1.54, 1.807) is 25.3 Å². The molecule has 1 fully saturated rings. The topological polar surface area (TPSA) is 71.8 Å². The third kappa shape index (κ3) is 2.61. The first kappa shape index (κ1) is 13.2. The minimum absolute atomic E-state index is 0.0907. The predicted molar refractivity (Wildman–Crippen MR) is 67.3 cm³/mol. The van der Waals surface area contributed by atoms with Gasteiger partial charge in [0.05, 0.1) is 26.8 Å². The summed E-state index contributed by atoms with van der Waals surface area (Å²) in [7, 11) is 3.07. The molecule has 0 saturated carbocycles. The second-order valence-corrected chi connectivity index (χ2v) is 3.97. The van der Waals surface area contributed by atoms with Crippen molar-refractivity contribution in [3.8, 4) is 17.6 Å². The van der Waals surface area contributed by atoms with Crippen LogP contribution in [0.15, 0.2) is 18.2 Å². The first-order valence-electron chi connectivity index (χ1n) is 5.73. The van der Waals surface area contributed by atoms with Crippen molar-refractivity contribution >= 4 is 11.6 Å². The molecular formula is C13H14N2O4. The average Bonchev–Trinajstić information content (AvgIpc) is 2.47. The van der Waals surface area contributed by atoms with Gasteiger partial charge in [-0.05, 0) is 12.1 Å². The van der Waals surface area contributed by atoms with E-state index < -0.39 is 6.10 Å². The molecule has 1 atom stereocenters. The van der Waals surface area contributed by atoms with Crippen molar-refractivity contribution in [1.29, 1.82) is 5.26 Å². The van der Waals surface area contributed by atoms with Crippen LogP contribution in [0.4, 0.5) is 5.69 Å². The van der Waals surface area contributed by atoms with Gasteiger partial charge in [-0.25, -0.2) is 0 Å². The van der Waals surface area contributed by atoms with Gasteiger partial charge in [0.2, 0.25) is 0 Å². The Kier molecular flexibility index (Phi) is 3.88. The van der Waals surface area contributed by atoms with E-state index in [9.17, 15) is 4.79 Å². The molecule has 0 N–H and O–H groups in total. The van der Waals surface area contributed by atoms with Gasteiger partial charge in [-0.1, -0.05) is 0 Å². The Morgan fingerprint density at radius 1 is 1.37 bits per heavy atom. The number of morpholine rings is 1. The van der Waals surface area contributed by atoms with Crippen LogP contribution in [0.1, 0.15) is 0 Å². The molecule has 100 valence electrons. The molecule has 1 unspecified atom stereocenters. The number of methoxy groups -OCH3 is 2. The Bertz CT molecular complexity index is 524. The van der Waals surface area contributed by atoms with E-state index in [0.717, 1.165) is 0 Å². The number of carbonyl (C=O) groups is 1. The van der Waals surface area contributed by atoms with Crippen molar-refractivity contribution < 1.29 is 19.0 Å². The number of ether oxygens (including phenoxy) is 3. The van der Waals surface area contributed by atoms with Crippen molar-refractivity contribution in [2.45, 2.75) is 6.10 Å². The Morgan fingerprint density at radius 3 is 2.74 bits per heavy atom. The first-order chi connectivity index (χ1) is 9.19. The van der Waals surface area contributed by atoms with Crippen molar-refractivity contribution in [2.24, 2.45) is 0 Å². The molecule has 1 amide bonds. The molecule has 1 aliphatic rings. The molecule has 19 heavy (non-hydrogen) atoms. The van der Waals surface area contributed by atoms with E-state index in [0.29, 0.717) is 17.2 Å². The lowest BCUT2D eigenvalue weighted by atomic mass is 10.2. The van der Waals surface area contributed by atoms with Crippen molar-refractivity contribution in [3.05, 3.63) is 18.2 Å². The fourth-order valence-electron chi connectivity index (χ4n) is 1.89. The SMILES string of the molecule is COc1ccc(N2CC(C#N)OCC2=O)cc1OC. The largest absolute Gasteiger partial charge is 0.493 e. The van der Waals surface area contributed by atoms with E-state index in [-0.39, 0.29) is 19.1 Å². The zero-order valence-electron chi connectivity index (χ0n) is 10.8. The number of carbonyl (C=O) groups excluding carboxylic acids is 1. The maximum Gasteiger partial charge on any atom is 0.253 e. The third-order valence-corrected chi connectivity index (χ3v) is 2.88. The number of hydrogen-bond donors (Lipinski definition) is 0. The minimum Gasteiger partial charge on any atom is -0.493 e. The number of amides is 1. The molecule has 6 heteroatoms. The number of anilines is 1. The Hall–Kier alpha value is -2.26. The molecule has 0 bridgehead atoms. The van der Waals surface area contributed by atoms with Crippen LogP contribution < -0.4 is 14.4 Å². The molecule has 1 aromatic carbocycles. The minimum atomic E-state index is -0.606. The van der Waals surface area contributed by atoms with Crippen LogP contribution in [0.3, 0.4) is 0 Å². The highest BCUT2D eigenvalue weighted by atomic mass is 16.5. The summed E-state index contributed by atoms with van der Waals surface area (Å²) in [4.78, 5) is 13.3. The van der Waals surface area contributed by atoms with Gasteiger partial charge in [-0.2, -0.15) is 5.26 Å². The summed E-state index contributed by atoms with van der Waals surface area (Å²) in [6, 6.07) is 7.18. The maximum absolute atomic E-state index is 11.8. The molecule has 1 saturated heterocycles. The van der Waals surface area contributed by atoms with Crippen molar-refractivity contribution in [3.63, 3.8) is 0 Å². The smallest absolute Gasteiger partial charge is 0.253 e. The summed E-state index contributed by atoms with van der Waals surface area (Å²) < 4.78 is 15.4. The molecule has 0 aromatic heterocycles. The van der Waals surface area contributed by atoms with Gasteiger partial charge < -0.3 is 19.1 Å². The number of nitriles is 1. The van der Waals surface area contributed by atoms with Crippen LogP contribution in [-0.4, -0.2) is 39.4 Å². The summed E-state index contributed by atoms with van der Waals surface area (Å²) in [5, 5.41) is 8.87. The van der Waals surface area contributed by atoms with Gasteiger partial charge in [0.1, 0.15) is 6.61 Å². The summed E-state index contributed by atoms with van der Waals surface area (Å²) in [6.07, 6.45) is -0.606. The van der Waals surface area contributed by atoms with Crippen LogP contribution in [-0.2, 0) is 9.53 Å². The van der Waals surface area contributed by atoms with Gasteiger partial charge in [0.25, 0.3) is 5.91 Å². The third-order valence-electron chi connectivity index (χ3n) is 2.88. The van der Waals surface area contributed by atoms with Crippen LogP contribution in [0.2, 0.25) is 0 Å². The number of benzene rings is 1. The molecule has 2 rings (SSSR count). The van der Waals surface area contributed by atoms with Crippen molar-refractivity contribution in [2.75, 3.05) is 32.3 Å². The first-order valence-corrected chi connectivity index (χ1v) is 5.73. The lowest BCUT2D eigenvalue weighted by molar-refractivity contribution is -0.127. The van der Waals surface area contributed by atoms with Crippen molar-refractivity contribution in [1.82, 2.24) is 0 Å². The van der Waals surface area contributed by atoms with E-state index in [1.807, 2.05) is 6.07 Å². The van der Waals surface area contributed by atoms with E-state index in [1.165, 1.54) is 12.0 Å². The number of hydrogen-bond acceptors (Lipinski definition) is 5. The summed E-state index contributed by atoms with van der Waals surface area (Å²) >= 11 is 0. The van der Waals surface area contributed by atoms with Crippen LogP contribution in [0.5, 0.6) is 11.5 Å². The molecule has 6 nitrogen and oxygen atoms in total. The lowest BCUT2D eigenvalue weighted by Gasteiger charge is -2.30. The highest BCUT2D eigenvalue weighted by Crippen LogP contribution is 2.32. The average molecular weight is 262 g/mol. The zero-order chi connectivity index (χ0) is 13.8. The molecule has 0 radical (unpaired) electrons. The highest BCUT2D eigenvalue weighted by Gasteiger charge is 2.27. The fraction of sp³-hybridized carbons (Fsp3) is 0.385. The quantitative estimate of drug-likeness (QED) is 0.811. The molecule has 0 aliphatic carbocycles. The van der Waals surface area contributed by atoms with E-state index in [2.05, 4.69) is 0 Å². The van der Waals surface area contributed by atoms with Crippen LogP contribution in [0.25, 0.3) is 0 Å². The molecule has 1 heterocycles. The fourth-order valence-corrected chi connectivity index (χ4v) is 1.89. The zero-order valence-corrected chi connectivity index (χ0v) is 10.8. The number of nitrogens with zero attached hydrogens (tertiary/aromatic N) is 2. The summed E-state index contributed by atoms with van der Waals surface area (Å²) in [6.45, 7) is 0.122. The molecule has 1 aliphatic heterocycles. The second kappa shape index (κ2) is 5.59. The van der Waals surface area contributed by atoms with E-state index in [4.69, 9.17) is 19.5 Å². The standard InChI is InChI=1S/C13H14N2O4/c1-17-11-4-3-9(5-12(11)18-2)15-7-10(6-14)19-8-13(15)16/h3-5,10H,7-8H2,1-2H3. The summed E-state index contributed by atoms with van der Waals surface area (Å²) in [5.74, 6) is 0.940. The molecule has 0 spiro atoms. The Labute approximate surface area is 111 Å². The summed E-state index contributed by atoms with van der Waals surface area (Å²) in [5.41, 5.74) is 0.659. The van der Waals surface area contributed by atoms with Gasteiger partial charge >= 0.3 is 0 Å². The molecule has 1 aromatic rings. The van der Waals surface area contributed by atoms with Gasteiger partial charge in [0, 0.05) is 11.8 Å². The lowest BCUT2D eigenvalue weighted by Crippen LogP contribution is -2.46. The Balaban J connectivity index is 2.30. The monoisotopic (exact) mass is 262 g/mol. The van der Waals surface area contributed by atoms with Gasteiger partial charge in [0.15, 0.2) is 17.6 Å². The molecular weight excluding hydrogens is 248 g/mol. The Morgan fingerprint density at radius 2 is 2.11 bits per heavy atom. The highest BCUT2D eigenvalue weighted by molar-refractivity contribution is 5.95. The van der Waals surface area contributed by atoms with Gasteiger partial charge in [-0.3, -0.25) is 4.79 Å². The van der Waals surface area contributed by atoms with Crippen LogP contribution in [0, 0.1) is 11.3 Å². The number of rotatable bonds is 3.